The molecule has 1 amide bonds. The summed E-state index contributed by atoms with van der Waals surface area (Å²) in [6.45, 7) is 10.4. The summed E-state index contributed by atoms with van der Waals surface area (Å²) in [6.07, 6.45) is 0. The number of nitrogens with one attached hydrogen (secondary N) is 1. The second-order valence-electron chi connectivity index (χ2n) is 7.80. The first-order valence-corrected chi connectivity index (χ1v) is 11.0. The van der Waals surface area contributed by atoms with Gasteiger partial charge in [0.2, 0.25) is 0 Å². The first kappa shape index (κ1) is 21.6. The average molecular weight is 439 g/mol. The summed E-state index contributed by atoms with van der Waals surface area (Å²) in [4.78, 5) is 17.9. The fourth-order valence-electron chi connectivity index (χ4n) is 3.89. The molecular formula is C24H27ClN4O2. The van der Waals surface area contributed by atoms with Crippen LogP contribution in [0.1, 0.15) is 28.6 Å². The van der Waals surface area contributed by atoms with E-state index in [1.807, 2.05) is 30.3 Å². The monoisotopic (exact) mass is 438 g/mol. The lowest BCUT2D eigenvalue weighted by Crippen LogP contribution is -2.45. The Bertz CT molecular complexity index is 1040. The van der Waals surface area contributed by atoms with Crippen molar-refractivity contribution < 1.29 is 9.32 Å². The molecule has 0 spiro atoms. The number of halogens is 1. The molecule has 31 heavy (non-hydrogen) atoms. The molecule has 3 aromatic rings. The standard InChI is InChI=1S/C24H27ClN4O2/c1-3-28-12-14-29(15-13-28)16-18-8-10-19(11-9-18)26-24(30)22-17(2)31-27-23(22)20-6-4-5-7-21(20)25/h4-11H,3,12-16H2,1-2H3,(H,26,30). The first-order valence-electron chi connectivity index (χ1n) is 10.6. The lowest BCUT2D eigenvalue weighted by atomic mass is 10.1. The highest BCUT2D eigenvalue weighted by Crippen LogP contribution is 2.31. The molecule has 0 unspecified atom stereocenters. The van der Waals surface area contributed by atoms with Crippen LogP contribution in [-0.4, -0.2) is 53.6 Å². The predicted octanol–water partition coefficient (Wildman–Crippen LogP) is 4.69. The van der Waals surface area contributed by atoms with Gasteiger partial charge in [0.05, 0.1) is 5.02 Å². The van der Waals surface area contributed by atoms with Crippen LogP contribution in [0.2, 0.25) is 5.02 Å². The molecule has 1 saturated heterocycles. The quantitative estimate of drug-likeness (QED) is 0.604. The molecule has 7 heteroatoms. The number of carbonyl (C=O) groups is 1. The van der Waals surface area contributed by atoms with Gasteiger partial charge in [-0.3, -0.25) is 9.69 Å². The highest BCUT2D eigenvalue weighted by atomic mass is 35.5. The van der Waals surface area contributed by atoms with Crippen molar-refractivity contribution in [2.24, 2.45) is 0 Å². The third-order valence-corrected chi connectivity index (χ3v) is 6.08. The van der Waals surface area contributed by atoms with Crippen LogP contribution in [0.25, 0.3) is 11.3 Å². The van der Waals surface area contributed by atoms with Crippen LogP contribution in [0.15, 0.2) is 53.1 Å². The van der Waals surface area contributed by atoms with E-state index in [0.717, 1.165) is 45.0 Å². The Morgan fingerprint density at radius 1 is 1.06 bits per heavy atom. The van der Waals surface area contributed by atoms with Crippen molar-refractivity contribution in [3.63, 3.8) is 0 Å². The van der Waals surface area contributed by atoms with Crippen LogP contribution in [0.5, 0.6) is 0 Å². The van der Waals surface area contributed by atoms with E-state index in [1.165, 1.54) is 5.56 Å². The molecule has 6 nitrogen and oxygen atoms in total. The van der Waals surface area contributed by atoms with Gasteiger partial charge in [-0.05, 0) is 37.2 Å². The highest BCUT2D eigenvalue weighted by molar-refractivity contribution is 6.33. The molecule has 0 bridgehead atoms. The molecule has 162 valence electrons. The normalized spacial score (nSPS) is 15.2. The maximum absolute atomic E-state index is 13.0. The van der Waals surface area contributed by atoms with Crippen LogP contribution >= 0.6 is 11.6 Å². The molecular weight excluding hydrogens is 412 g/mol. The number of hydrogen-bond donors (Lipinski definition) is 1. The number of benzene rings is 2. The zero-order valence-corrected chi connectivity index (χ0v) is 18.7. The van der Waals surface area contributed by atoms with E-state index in [2.05, 4.69) is 39.3 Å². The van der Waals surface area contributed by atoms with Crippen molar-refractivity contribution in [2.75, 3.05) is 38.0 Å². The van der Waals surface area contributed by atoms with Gasteiger partial charge >= 0.3 is 0 Å². The number of aromatic nitrogens is 1. The first-order chi connectivity index (χ1) is 15.0. The van der Waals surface area contributed by atoms with E-state index in [-0.39, 0.29) is 5.91 Å². The van der Waals surface area contributed by atoms with Crippen LogP contribution in [0.4, 0.5) is 5.69 Å². The van der Waals surface area contributed by atoms with E-state index >= 15 is 0 Å². The number of likely N-dealkylation sites (N-methyl/N-ethyl adjacent to an activating group) is 1. The van der Waals surface area contributed by atoms with Crippen LogP contribution in [0.3, 0.4) is 0 Å². The molecule has 0 radical (unpaired) electrons. The third-order valence-electron chi connectivity index (χ3n) is 5.75. The van der Waals surface area contributed by atoms with Crippen molar-refractivity contribution in [3.8, 4) is 11.3 Å². The van der Waals surface area contributed by atoms with E-state index in [9.17, 15) is 4.79 Å². The second kappa shape index (κ2) is 9.64. The number of nitrogens with zero attached hydrogens (tertiary/aromatic N) is 3. The minimum atomic E-state index is -0.267. The molecule has 0 saturated carbocycles. The van der Waals surface area contributed by atoms with Crippen LogP contribution in [-0.2, 0) is 6.54 Å². The van der Waals surface area contributed by atoms with E-state index in [0.29, 0.717) is 27.6 Å². The maximum atomic E-state index is 13.0. The fourth-order valence-corrected chi connectivity index (χ4v) is 4.11. The molecule has 1 aliphatic heterocycles. The molecule has 0 atom stereocenters. The number of hydrogen-bond acceptors (Lipinski definition) is 5. The van der Waals surface area contributed by atoms with Gasteiger partial charge in [-0.2, -0.15) is 0 Å². The van der Waals surface area contributed by atoms with Gasteiger partial charge in [-0.25, -0.2) is 0 Å². The van der Waals surface area contributed by atoms with E-state index < -0.39 is 0 Å². The van der Waals surface area contributed by atoms with Gasteiger partial charge < -0.3 is 14.7 Å². The summed E-state index contributed by atoms with van der Waals surface area (Å²) in [7, 11) is 0. The maximum Gasteiger partial charge on any atom is 0.261 e. The molecule has 1 fully saturated rings. The van der Waals surface area contributed by atoms with Crippen LogP contribution < -0.4 is 5.32 Å². The number of rotatable bonds is 6. The van der Waals surface area contributed by atoms with Crippen molar-refractivity contribution in [1.82, 2.24) is 15.0 Å². The van der Waals surface area contributed by atoms with Gasteiger partial charge in [-0.1, -0.05) is 54.0 Å². The topological polar surface area (TPSA) is 61.6 Å². The summed E-state index contributed by atoms with van der Waals surface area (Å²) >= 11 is 6.30. The van der Waals surface area contributed by atoms with Crippen molar-refractivity contribution in [2.45, 2.75) is 20.4 Å². The number of anilines is 1. The highest BCUT2D eigenvalue weighted by Gasteiger charge is 2.23. The lowest BCUT2D eigenvalue weighted by molar-refractivity contribution is 0.102. The average Bonchev–Trinajstić information content (AvgIpc) is 3.17. The molecule has 1 aliphatic rings. The molecule has 0 aliphatic carbocycles. The fraction of sp³-hybridized carbons (Fsp3) is 0.333. The third kappa shape index (κ3) is 4.98. The minimum absolute atomic E-state index is 0.267. The number of piperazine rings is 1. The van der Waals surface area contributed by atoms with Gasteiger partial charge in [-0.15, -0.1) is 0 Å². The molecule has 2 heterocycles. The largest absolute Gasteiger partial charge is 0.360 e. The summed E-state index contributed by atoms with van der Waals surface area (Å²) in [5.74, 6) is 0.187. The van der Waals surface area contributed by atoms with Crippen molar-refractivity contribution in [1.29, 1.82) is 0 Å². The summed E-state index contributed by atoms with van der Waals surface area (Å²) in [5.41, 5.74) is 3.48. The molecule has 2 aromatic carbocycles. The SMILES string of the molecule is CCN1CCN(Cc2ccc(NC(=O)c3c(-c4ccccc4Cl)noc3C)cc2)CC1. The van der Waals surface area contributed by atoms with Gasteiger partial charge in [0.25, 0.3) is 5.91 Å². The number of aryl methyl sites for hydroxylation is 1. The van der Waals surface area contributed by atoms with E-state index in [4.69, 9.17) is 16.1 Å². The van der Waals surface area contributed by atoms with Gasteiger partial charge in [0.15, 0.2) is 0 Å². The smallest absolute Gasteiger partial charge is 0.261 e. The lowest BCUT2D eigenvalue weighted by Gasteiger charge is -2.34. The van der Waals surface area contributed by atoms with Crippen LogP contribution in [0, 0.1) is 6.92 Å². The Morgan fingerprint density at radius 3 is 2.42 bits per heavy atom. The second-order valence-corrected chi connectivity index (χ2v) is 8.21. The van der Waals surface area contributed by atoms with Gasteiger partial charge in [0.1, 0.15) is 17.0 Å². The Labute approximate surface area is 187 Å². The van der Waals surface area contributed by atoms with Crippen molar-refractivity contribution >= 4 is 23.2 Å². The zero-order chi connectivity index (χ0) is 21.8. The summed E-state index contributed by atoms with van der Waals surface area (Å²) < 4.78 is 5.30. The Hall–Kier alpha value is -2.67. The Morgan fingerprint density at radius 2 is 1.74 bits per heavy atom. The molecule has 4 rings (SSSR count). The Balaban J connectivity index is 1.43. The summed E-state index contributed by atoms with van der Waals surface area (Å²) in [5, 5.41) is 7.55. The summed E-state index contributed by atoms with van der Waals surface area (Å²) in [6, 6.07) is 15.3. The van der Waals surface area contributed by atoms with Crippen molar-refractivity contribution in [3.05, 3.63) is 70.4 Å². The molecule has 1 N–H and O–H groups in total. The number of carbonyl (C=O) groups excluding carboxylic acids is 1. The van der Waals surface area contributed by atoms with Gasteiger partial charge in [0, 0.05) is 44.0 Å². The number of amides is 1. The van der Waals surface area contributed by atoms with E-state index in [1.54, 1.807) is 13.0 Å². The molecule has 1 aromatic heterocycles. The Kier molecular flexibility index (Phi) is 6.70. The zero-order valence-electron chi connectivity index (χ0n) is 17.9. The predicted molar refractivity (Wildman–Crippen MR) is 123 cm³/mol. The minimum Gasteiger partial charge on any atom is -0.360 e.